The van der Waals surface area contributed by atoms with Gasteiger partial charge in [0.05, 0.1) is 33.1 Å². The van der Waals surface area contributed by atoms with E-state index in [2.05, 4.69) is 209 Å². The van der Waals surface area contributed by atoms with Crippen LogP contribution in [-0.2, 0) is 0 Å². The summed E-state index contributed by atoms with van der Waals surface area (Å²) in [5.41, 5.74) is 16.1. The highest BCUT2D eigenvalue weighted by Crippen LogP contribution is 2.41. The zero-order chi connectivity index (χ0) is 37.5. The van der Waals surface area contributed by atoms with Crippen LogP contribution >= 0.6 is 0 Å². The topological polar surface area (TPSA) is 23.0 Å². The predicted octanol–water partition coefficient (Wildman–Crippen LogP) is 14.8. The van der Waals surface area contributed by atoms with Crippen molar-refractivity contribution < 1.29 is 4.42 Å². The Morgan fingerprint density at radius 3 is 1.47 bits per heavy atom. The minimum Gasteiger partial charge on any atom is -0.456 e. The molecule has 12 rings (SSSR count). The molecule has 0 bridgehead atoms. The maximum atomic E-state index is 6.32. The first kappa shape index (κ1) is 31.7. The molecule has 3 heterocycles. The molecule has 12 aromatic rings. The van der Waals surface area contributed by atoms with E-state index in [1.54, 1.807) is 0 Å². The van der Waals surface area contributed by atoms with E-state index in [0.717, 1.165) is 33.3 Å². The fourth-order valence-corrected chi connectivity index (χ4v) is 9.18. The van der Waals surface area contributed by atoms with Crippen molar-refractivity contribution in [2.75, 3.05) is 0 Å². The van der Waals surface area contributed by atoms with E-state index in [9.17, 15) is 0 Å². The second-order valence-electron chi connectivity index (χ2n) is 14.9. The number of aromatic nitrogens is 2. The molecule has 9 aromatic carbocycles. The lowest BCUT2D eigenvalue weighted by atomic mass is 9.94. The van der Waals surface area contributed by atoms with Crippen molar-refractivity contribution in [2.45, 2.75) is 0 Å². The Morgan fingerprint density at radius 2 is 0.789 bits per heavy atom. The third kappa shape index (κ3) is 4.86. The highest BCUT2D eigenvalue weighted by molar-refractivity contribution is 6.15. The molecule has 0 fully saturated rings. The number of hydrogen-bond acceptors (Lipinski definition) is 1. The molecule has 0 unspecified atom stereocenters. The fourth-order valence-electron chi connectivity index (χ4n) is 9.18. The molecule has 57 heavy (non-hydrogen) atoms. The van der Waals surface area contributed by atoms with Gasteiger partial charge in [0.2, 0.25) is 0 Å². The Bertz CT molecular complexity index is 3510. The molecule has 3 aromatic heterocycles. The third-order valence-electron chi connectivity index (χ3n) is 11.7. The van der Waals surface area contributed by atoms with Gasteiger partial charge in [0, 0.05) is 32.6 Å². The number of fused-ring (bicyclic) bond motifs is 9. The summed E-state index contributed by atoms with van der Waals surface area (Å²) in [5.74, 6) is 0. The average Bonchev–Trinajstić information content (AvgIpc) is 3.94. The van der Waals surface area contributed by atoms with Gasteiger partial charge in [-0.3, -0.25) is 0 Å². The number of furan rings is 1. The van der Waals surface area contributed by atoms with Crippen molar-refractivity contribution in [3.05, 3.63) is 206 Å². The van der Waals surface area contributed by atoms with Crippen LogP contribution in [0.2, 0.25) is 0 Å². The molecule has 0 N–H and O–H groups in total. The lowest BCUT2D eigenvalue weighted by Gasteiger charge is -2.12. The van der Waals surface area contributed by atoms with E-state index in [0.29, 0.717) is 0 Å². The summed E-state index contributed by atoms with van der Waals surface area (Å²) in [4.78, 5) is 0. The third-order valence-corrected chi connectivity index (χ3v) is 11.7. The average molecular weight is 727 g/mol. The Kier molecular flexibility index (Phi) is 6.93. The van der Waals surface area contributed by atoms with E-state index in [-0.39, 0.29) is 0 Å². The van der Waals surface area contributed by atoms with Crippen LogP contribution in [0.15, 0.2) is 211 Å². The minimum atomic E-state index is 0.896. The van der Waals surface area contributed by atoms with Crippen LogP contribution in [0, 0.1) is 0 Å². The highest BCUT2D eigenvalue weighted by atomic mass is 16.3. The predicted molar refractivity (Wildman–Crippen MR) is 239 cm³/mol. The normalized spacial score (nSPS) is 11.9. The van der Waals surface area contributed by atoms with Gasteiger partial charge < -0.3 is 13.6 Å². The number of hydrogen-bond donors (Lipinski definition) is 0. The summed E-state index contributed by atoms with van der Waals surface area (Å²) < 4.78 is 11.1. The largest absolute Gasteiger partial charge is 0.456 e. The van der Waals surface area contributed by atoms with Gasteiger partial charge in [0.25, 0.3) is 0 Å². The second-order valence-corrected chi connectivity index (χ2v) is 14.9. The van der Waals surface area contributed by atoms with Crippen molar-refractivity contribution in [3.8, 4) is 44.8 Å². The van der Waals surface area contributed by atoms with Crippen molar-refractivity contribution in [1.82, 2.24) is 9.13 Å². The summed E-state index contributed by atoms with van der Waals surface area (Å²) in [7, 11) is 0. The first-order valence-corrected chi connectivity index (χ1v) is 19.5. The minimum absolute atomic E-state index is 0.896. The quantitative estimate of drug-likeness (QED) is 0.173. The molecule has 0 spiro atoms. The highest BCUT2D eigenvalue weighted by Gasteiger charge is 2.19. The Labute approximate surface area is 328 Å². The van der Waals surface area contributed by atoms with Gasteiger partial charge in [-0.25, -0.2) is 0 Å². The van der Waals surface area contributed by atoms with E-state index >= 15 is 0 Å². The van der Waals surface area contributed by atoms with Crippen LogP contribution in [-0.4, -0.2) is 9.13 Å². The lowest BCUT2D eigenvalue weighted by Crippen LogP contribution is -1.94. The van der Waals surface area contributed by atoms with Gasteiger partial charge >= 0.3 is 0 Å². The van der Waals surface area contributed by atoms with Crippen molar-refractivity contribution in [2.24, 2.45) is 0 Å². The number of para-hydroxylation sites is 3. The standard InChI is InChI=1S/C54H34N2O/c1-2-13-35(14-3-1)40-15-4-5-16-41(40)36-25-29-39(30-26-36)55-47-20-9-6-17-42(47)45-33-37(27-31-49(45)55)38-28-32-50-46(34-38)43-18-7-10-21-48(43)56(50)51-22-12-24-53-54(51)44-19-8-11-23-52(44)57-53/h1-34H. The van der Waals surface area contributed by atoms with Gasteiger partial charge in [-0.15, -0.1) is 0 Å². The van der Waals surface area contributed by atoms with E-state index in [1.807, 2.05) is 6.07 Å². The van der Waals surface area contributed by atoms with Crippen LogP contribution in [0.1, 0.15) is 0 Å². The summed E-state index contributed by atoms with van der Waals surface area (Å²) in [6, 6.07) is 74.4. The molecular formula is C54H34N2O. The van der Waals surface area contributed by atoms with Crippen molar-refractivity contribution in [3.63, 3.8) is 0 Å². The Balaban J connectivity index is 0.984. The zero-order valence-electron chi connectivity index (χ0n) is 30.9. The molecular weight excluding hydrogens is 693 g/mol. The molecule has 3 nitrogen and oxygen atoms in total. The molecule has 0 aliphatic rings. The van der Waals surface area contributed by atoms with Crippen molar-refractivity contribution >= 4 is 65.6 Å². The number of benzene rings is 9. The lowest BCUT2D eigenvalue weighted by molar-refractivity contribution is 0.669. The zero-order valence-corrected chi connectivity index (χ0v) is 30.9. The molecule has 0 saturated heterocycles. The van der Waals surface area contributed by atoms with E-state index in [1.165, 1.54) is 77.0 Å². The number of rotatable bonds is 5. The monoisotopic (exact) mass is 726 g/mol. The summed E-state index contributed by atoms with van der Waals surface area (Å²) in [5, 5.41) is 7.19. The molecule has 0 aliphatic heterocycles. The van der Waals surface area contributed by atoms with Crippen LogP contribution in [0.4, 0.5) is 0 Å². The van der Waals surface area contributed by atoms with Gasteiger partial charge in [-0.2, -0.15) is 0 Å². The van der Waals surface area contributed by atoms with Crippen LogP contribution in [0.5, 0.6) is 0 Å². The summed E-state index contributed by atoms with van der Waals surface area (Å²) >= 11 is 0. The molecule has 0 aliphatic carbocycles. The Hall–Kier alpha value is -7.62. The SMILES string of the molecule is c1ccc(-c2ccccc2-c2ccc(-n3c4ccccc4c4cc(-c5ccc6c(c5)c5ccccc5n6-c5cccc6oc7ccccc7c56)ccc43)cc2)cc1. The molecule has 0 atom stereocenters. The molecule has 266 valence electrons. The summed E-state index contributed by atoms with van der Waals surface area (Å²) in [6.45, 7) is 0. The first-order valence-electron chi connectivity index (χ1n) is 19.5. The second kappa shape index (κ2) is 12.5. The van der Waals surface area contributed by atoms with Crippen molar-refractivity contribution in [1.29, 1.82) is 0 Å². The Morgan fingerprint density at radius 1 is 0.298 bits per heavy atom. The van der Waals surface area contributed by atoms with E-state index in [4.69, 9.17) is 4.42 Å². The molecule has 3 heteroatoms. The molecule has 0 radical (unpaired) electrons. The van der Waals surface area contributed by atoms with Crippen LogP contribution in [0.3, 0.4) is 0 Å². The molecule has 0 saturated carbocycles. The van der Waals surface area contributed by atoms with Gasteiger partial charge in [0.1, 0.15) is 11.2 Å². The van der Waals surface area contributed by atoms with Gasteiger partial charge in [-0.1, -0.05) is 140 Å². The van der Waals surface area contributed by atoms with Crippen LogP contribution in [0.25, 0.3) is 110 Å². The number of nitrogens with zero attached hydrogens (tertiary/aromatic N) is 2. The van der Waals surface area contributed by atoms with Gasteiger partial charge in [-0.05, 0) is 100 Å². The van der Waals surface area contributed by atoms with Gasteiger partial charge in [0.15, 0.2) is 0 Å². The van der Waals surface area contributed by atoms with E-state index < -0.39 is 0 Å². The summed E-state index contributed by atoms with van der Waals surface area (Å²) in [6.07, 6.45) is 0. The maximum absolute atomic E-state index is 6.32. The maximum Gasteiger partial charge on any atom is 0.137 e. The van der Waals surface area contributed by atoms with Crippen LogP contribution < -0.4 is 0 Å². The fraction of sp³-hybridized carbons (Fsp3) is 0. The molecule has 0 amide bonds. The first-order chi connectivity index (χ1) is 28.3. The smallest absolute Gasteiger partial charge is 0.137 e.